The van der Waals surface area contributed by atoms with Gasteiger partial charge in [0.15, 0.2) is 11.5 Å². The molecule has 2 amide bonds. The van der Waals surface area contributed by atoms with Crippen LogP contribution >= 0.6 is 43.5 Å². The average Bonchev–Trinajstić information content (AvgIpc) is 2.88. The Kier molecular flexibility index (Phi) is 9.73. The van der Waals surface area contributed by atoms with Crippen LogP contribution in [-0.2, 0) is 4.79 Å². The Labute approximate surface area is 236 Å². The highest BCUT2D eigenvalue weighted by atomic mass is 79.9. The number of halogens is 3. The lowest BCUT2D eigenvalue weighted by molar-refractivity contribution is -0.117. The highest BCUT2D eigenvalue weighted by molar-refractivity contribution is 9.13. The van der Waals surface area contributed by atoms with Crippen LogP contribution in [0.2, 0.25) is 5.02 Å². The normalized spacial score (nSPS) is 11.4. The molecule has 0 fully saturated rings. The van der Waals surface area contributed by atoms with Crippen molar-refractivity contribution in [1.29, 1.82) is 0 Å². The van der Waals surface area contributed by atoms with Crippen LogP contribution in [-0.4, -0.2) is 44.3 Å². The first kappa shape index (κ1) is 28.2. The molecule has 37 heavy (non-hydrogen) atoms. The van der Waals surface area contributed by atoms with E-state index < -0.39 is 11.8 Å². The first-order valence-electron chi connectivity index (χ1n) is 10.8. The number of carbonyl (C=O) groups excluding carboxylic acids is 2. The summed E-state index contributed by atoms with van der Waals surface area (Å²) in [6, 6.07) is 15.5. The Morgan fingerprint density at radius 3 is 2.41 bits per heavy atom. The summed E-state index contributed by atoms with van der Waals surface area (Å²) in [5, 5.41) is 17.3. The van der Waals surface area contributed by atoms with E-state index in [2.05, 4.69) is 47.7 Å². The summed E-state index contributed by atoms with van der Waals surface area (Å²) in [5.74, 6) is -1.19. The van der Waals surface area contributed by atoms with Gasteiger partial charge in [-0.2, -0.15) is 5.10 Å². The van der Waals surface area contributed by atoms with E-state index in [-0.39, 0.29) is 33.3 Å². The molecule has 0 heterocycles. The number of hydrazone groups is 1. The van der Waals surface area contributed by atoms with Gasteiger partial charge in [-0.15, -0.1) is 0 Å². The summed E-state index contributed by atoms with van der Waals surface area (Å²) in [4.78, 5) is 27.9. The van der Waals surface area contributed by atoms with Gasteiger partial charge in [0.25, 0.3) is 11.8 Å². The van der Waals surface area contributed by atoms with Crippen molar-refractivity contribution in [3.63, 3.8) is 0 Å². The van der Waals surface area contributed by atoms with E-state index in [1.165, 1.54) is 19.4 Å². The molecule has 0 aliphatic carbocycles. The van der Waals surface area contributed by atoms with Crippen molar-refractivity contribution >= 4 is 73.3 Å². The Hall–Kier alpha value is -3.34. The molecule has 8 nitrogen and oxygen atoms in total. The summed E-state index contributed by atoms with van der Waals surface area (Å²) in [7, 11) is 5.26. The van der Waals surface area contributed by atoms with Crippen LogP contribution in [0, 0.1) is 0 Å². The highest BCUT2D eigenvalue weighted by Crippen LogP contribution is 2.39. The molecule has 0 saturated carbocycles. The molecule has 0 unspecified atom stereocenters. The standard InChI is InChI=1S/C26H23Br2ClN4O4/c1-33(2)16-10-8-15(9-11-16)12-21(31-25(35)17-6-4-5-7-20(17)29)26(36)32-30-14-18-23(28)19(27)13-22(37-3)24(18)34/h4-14,34H,1-3H3,(H,31,35)(H,32,36). The molecule has 192 valence electrons. The minimum Gasteiger partial charge on any atom is -0.504 e. The van der Waals surface area contributed by atoms with Crippen molar-refractivity contribution in [1.82, 2.24) is 10.7 Å². The van der Waals surface area contributed by atoms with E-state index in [1.54, 1.807) is 30.3 Å². The summed E-state index contributed by atoms with van der Waals surface area (Å²) in [5.41, 5.74) is 4.46. The number of hydrogen-bond acceptors (Lipinski definition) is 6. The number of phenols is 1. The van der Waals surface area contributed by atoms with E-state index in [0.717, 1.165) is 5.69 Å². The molecule has 0 aliphatic rings. The zero-order chi connectivity index (χ0) is 27.1. The SMILES string of the molecule is COc1cc(Br)c(Br)c(C=NNC(=O)C(=Cc2ccc(N(C)C)cc2)NC(=O)c2ccccc2Cl)c1O. The monoisotopic (exact) mass is 648 g/mol. The number of anilines is 1. The van der Waals surface area contributed by atoms with Gasteiger partial charge >= 0.3 is 0 Å². The number of hydrogen-bond donors (Lipinski definition) is 3. The molecule has 0 aliphatic heterocycles. The van der Waals surface area contributed by atoms with E-state index >= 15 is 0 Å². The predicted molar refractivity (Wildman–Crippen MR) is 153 cm³/mol. The third-order valence-electron chi connectivity index (χ3n) is 5.10. The Balaban J connectivity index is 1.90. The van der Waals surface area contributed by atoms with Crippen LogP contribution in [0.1, 0.15) is 21.5 Å². The first-order valence-corrected chi connectivity index (χ1v) is 12.7. The van der Waals surface area contributed by atoms with Crippen molar-refractivity contribution in [2.24, 2.45) is 5.10 Å². The molecule has 3 N–H and O–H groups in total. The maximum absolute atomic E-state index is 13.1. The van der Waals surface area contributed by atoms with Crippen LogP contribution in [0.15, 0.2) is 74.3 Å². The third-order valence-corrected chi connectivity index (χ3v) is 7.45. The summed E-state index contributed by atoms with van der Waals surface area (Å²) < 4.78 is 6.27. The van der Waals surface area contributed by atoms with E-state index in [4.69, 9.17) is 16.3 Å². The predicted octanol–water partition coefficient (Wildman–Crippen LogP) is 5.57. The fraction of sp³-hybridized carbons (Fsp3) is 0.115. The molecular weight excluding hydrogens is 628 g/mol. The van der Waals surface area contributed by atoms with Gasteiger partial charge < -0.3 is 20.1 Å². The summed E-state index contributed by atoms with van der Waals surface area (Å²) in [6.45, 7) is 0. The number of phenolic OH excluding ortho intramolecular Hbond substituents is 1. The summed E-state index contributed by atoms with van der Waals surface area (Å²) >= 11 is 12.9. The fourth-order valence-corrected chi connectivity index (χ4v) is 4.18. The quantitative estimate of drug-likeness (QED) is 0.168. The highest BCUT2D eigenvalue weighted by Gasteiger charge is 2.17. The average molecular weight is 651 g/mol. The third kappa shape index (κ3) is 7.12. The van der Waals surface area contributed by atoms with Crippen LogP contribution in [0.5, 0.6) is 11.5 Å². The molecule has 3 aromatic rings. The second kappa shape index (κ2) is 12.8. The van der Waals surface area contributed by atoms with Crippen LogP contribution in [0.3, 0.4) is 0 Å². The molecular formula is C26H23Br2ClN4O4. The van der Waals surface area contributed by atoms with Crippen molar-refractivity contribution in [2.75, 3.05) is 26.1 Å². The molecule has 3 rings (SSSR count). The number of amides is 2. The number of carbonyl (C=O) groups is 2. The van der Waals surface area contributed by atoms with Gasteiger partial charge in [-0.1, -0.05) is 35.9 Å². The van der Waals surface area contributed by atoms with Crippen LogP contribution < -0.4 is 20.4 Å². The van der Waals surface area contributed by atoms with E-state index in [1.807, 2.05) is 43.3 Å². The van der Waals surface area contributed by atoms with Gasteiger partial charge in [-0.05, 0) is 73.8 Å². The fourth-order valence-electron chi connectivity index (χ4n) is 3.13. The van der Waals surface area contributed by atoms with Crippen LogP contribution in [0.25, 0.3) is 6.08 Å². The second-order valence-electron chi connectivity index (χ2n) is 7.81. The minimum absolute atomic E-state index is 0.0604. The van der Waals surface area contributed by atoms with Gasteiger partial charge in [-0.3, -0.25) is 9.59 Å². The number of nitrogens with one attached hydrogen (secondary N) is 2. The number of benzene rings is 3. The molecule has 0 bridgehead atoms. The van der Waals surface area contributed by atoms with Crippen molar-refractivity contribution < 1.29 is 19.4 Å². The number of methoxy groups -OCH3 is 1. The van der Waals surface area contributed by atoms with E-state index in [9.17, 15) is 14.7 Å². The van der Waals surface area contributed by atoms with E-state index in [0.29, 0.717) is 14.5 Å². The molecule has 0 saturated heterocycles. The number of rotatable bonds is 8. The van der Waals surface area contributed by atoms with Crippen molar-refractivity contribution in [3.8, 4) is 11.5 Å². The Bertz CT molecular complexity index is 1380. The van der Waals surface area contributed by atoms with Crippen LogP contribution in [0.4, 0.5) is 5.69 Å². The molecule has 0 aromatic heterocycles. The largest absolute Gasteiger partial charge is 0.504 e. The van der Waals surface area contributed by atoms with Gasteiger partial charge in [0.2, 0.25) is 0 Å². The van der Waals surface area contributed by atoms with Crippen molar-refractivity contribution in [3.05, 3.63) is 91.0 Å². The van der Waals surface area contributed by atoms with Crippen molar-refractivity contribution in [2.45, 2.75) is 0 Å². The molecule has 3 aromatic carbocycles. The maximum Gasteiger partial charge on any atom is 0.287 e. The zero-order valence-electron chi connectivity index (χ0n) is 20.1. The maximum atomic E-state index is 13.1. The van der Waals surface area contributed by atoms with Gasteiger partial charge in [0, 0.05) is 28.7 Å². The molecule has 0 spiro atoms. The smallest absolute Gasteiger partial charge is 0.287 e. The number of aromatic hydroxyl groups is 1. The first-order chi connectivity index (χ1) is 17.6. The molecule has 11 heteroatoms. The zero-order valence-corrected chi connectivity index (χ0v) is 24.0. The summed E-state index contributed by atoms with van der Waals surface area (Å²) in [6.07, 6.45) is 2.78. The van der Waals surface area contributed by atoms with Gasteiger partial charge in [-0.25, -0.2) is 5.43 Å². The minimum atomic E-state index is -0.689. The topological polar surface area (TPSA) is 103 Å². The number of nitrogens with zero attached hydrogens (tertiary/aromatic N) is 2. The van der Waals surface area contributed by atoms with Gasteiger partial charge in [0.05, 0.1) is 29.5 Å². The lowest BCUT2D eigenvalue weighted by Gasteiger charge is -2.13. The molecule has 0 atom stereocenters. The lowest BCUT2D eigenvalue weighted by Crippen LogP contribution is -2.33. The second-order valence-corrected chi connectivity index (χ2v) is 9.87. The molecule has 0 radical (unpaired) electrons. The lowest BCUT2D eigenvalue weighted by atomic mass is 10.1. The Morgan fingerprint density at radius 1 is 1.11 bits per heavy atom. The number of ether oxygens (including phenoxy) is 1. The Morgan fingerprint density at radius 2 is 1.78 bits per heavy atom. The van der Waals surface area contributed by atoms with Gasteiger partial charge in [0.1, 0.15) is 5.70 Å².